The number of hydrogen-bond acceptors (Lipinski definition) is 3. The molecule has 1 aromatic heterocycles. The molecule has 2 heterocycles. The van der Waals surface area contributed by atoms with E-state index in [0.29, 0.717) is 12.3 Å². The highest BCUT2D eigenvalue weighted by molar-refractivity contribution is 7.08. The van der Waals surface area contributed by atoms with Gasteiger partial charge >= 0.3 is 5.97 Å². The van der Waals surface area contributed by atoms with Gasteiger partial charge in [-0.1, -0.05) is 13.3 Å². The fourth-order valence-electron chi connectivity index (χ4n) is 1.97. The molecule has 14 heavy (non-hydrogen) atoms. The van der Waals surface area contributed by atoms with E-state index in [1.54, 1.807) is 11.3 Å². The molecule has 0 bridgehead atoms. The number of hydrogen-bond donors (Lipinski definition) is 0. The van der Waals surface area contributed by atoms with Crippen LogP contribution in [0.15, 0.2) is 16.8 Å². The van der Waals surface area contributed by atoms with Crippen molar-refractivity contribution in [1.29, 1.82) is 0 Å². The van der Waals surface area contributed by atoms with E-state index in [0.717, 1.165) is 12.8 Å². The van der Waals surface area contributed by atoms with Crippen molar-refractivity contribution in [3.8, 4) is 0 Å². The van der Waals surface area contributed by atoms with Gasteiger partial charge in [0.25, 0.3) is 0 Å². The molecular formula is C11H14O2S. The lowest BCUT2D eigenvalue weighted by molar-refractivity contribution is -0.141. The first-order valence-electron chi connectivity index (χ1n) is 5.03. The Morgan fingerprint density at radius 1 is 1.64 bits per heavy atom. The average Bonchev–Trinajstić information content (AvgIpc) is 2.74. The largest absolute Gasteiger partial charge is 0.462 e. The zero-order valence-corrected chi connectivity index (χ0v) is 9.05. The smallest absolute Gasteiger partial charge is 0.306 e. The van der Waals surface area contributed by atoms with Crippen LogP contribution in [0.4, 0.5) is 0 Å². The summed E-state index contributed by atoms with van der Waals surface area (Å²) in [6, 6.07) is 2.10. The van der Waals surface area contributed by atoms with Crippen molar-refractivity contribution in [3.05, 3.63) is 22.4 Å². The van der Waals surface area contributed by atoms with Crippen LogP contribution in [0.3, 0.4) is 0 Å². The van der Waals surface area contributed by atoms with Crippen LogP contribution in [0.5, 0.6) is 0 Å². The molecule has 0 saturated carbocycles. The Bertz CT molecular complexity index is 305. The fourth-order valence-corrected chi connectivity index (χ4v) is 2.70. The van der Waals surface area contributed by atoms with Crippen LogP contribution in [0.1, 0.15) is 37.7 Å². The quantitative estimate of drug-likeness (QED) is 0.717. The molecule has 0 amide bonds. The van der Waals surface area contributed by atoms with Gasteiger partial charge in [-0.05, 0) is 28.8 Å². The minimum Gasteiger partial charge on any atom is -0.462 e. The SMILES string of the molecule is CCC[C@@H]1OC(=O)C[C@H]1c1ccsc1. The van der Waals surface area contributed by atoms with Gasteiger partial charge in [-0.25, -0.2) is 0 Å². The molecule has 0 spiro atoms. The van der Waals surface area contributed by atoms with Gasteiger partial charge in [-0.15, -0.1) is 0 Å². The maximum atomic E-state index is 11.2. The summed E-state index contributed by atoms with van der Waals surface area (Å²) in [5, 5.41) is 4.18. The molecule has 0 unspecified atom stereocenters. The zero-order valence-electron chi connectivity index (χ0n) is 8.23. The molecule has 0 radical (unpaired) electrons. The third-order valence-electron chi connectivity index (χ3n) is 2.66. The molecule has 0 aromatic carbocycles. The van der Waals surface area contributed by atoms with E-state index < -0.39 is 0 Å². The Hall–Kier alpha value is -0.830. The summed E-state index contributed by atoms with van der Waals surface area (Å²) in [6.45, 7) is 2.12. The number of rotatable bonds is 3. The van der Waals surface area contributed by atoms with Crippen LogP contribution >= 0.6 is 11.3 Å². The monoisotopic (exact) mass is 210 g/mol. The molecule has 76 valence electrons. The van der Waals surface area contributed by atoms with Gasteiger partial charge in [-0.3, -0.25) is 4.79 Å². The maximum absolute atomic E-state index is 11.2. The first-order chi connectivity index (χ1) is 6.81. The summed E-state index contributed by atoms with van der Waals surface area (Å²) in [5.41, 5.74) is 1.26. The van der Waals surface area contributed by atoms with E-state index in [1.807, 2.05) is 0 Å². The number of thiophene rings is 1. The van der Waals surface area contributed by atoms with Crippen molar-refractivity contribution in [2.24, 2.45) is 0 Å². The van der Waals surface area contributed by atoms with Gasteiger partial charge in [0.2, 0.25) is 0 Å². The topological polar surface area (TPSA) is 26.3 Å². The van der Waals surface area contributed by atoms with Crippen LogP contribution in [-0.4, -0.2) is 12.1 Å². The lowest BCUT2D eigenvalue weighted by Crippen LogP contribution is -2.13. The summed E-state index contributed by atoms with van der Waals surface area (Å²) in [7, 11) is 0. The minimum absolute atomic E-state index is 0.0420. The van der Waals surface area contributed by atoms with E-state index >= 15 is 0 Å². The standard InChI is InChI=1S/C11H14O2S/c1-2-3-10-9(6-11(12)13-10)8-4-5-14-7-8/h4-5,7,9-10H,2-3,6H2,1H3/t9-,10-/m0/s1. The predicted octanol–water partition coefficient (Wildman–Crippen LogP) is 2.95. The Balaban J connectivity index is 2.13. The second kappa shape index (κ2) is 4.13. The van der Waals surface area contributed by atoms with Crippen LogP contribution in [0.2, 0.25) is 0 Å². The van der Waals surface area contributed by atoms with E-state index in [2.05, 4.69) is 23.8 Å². The van der Waals surface area contributed by atoms with Crippen molar-refractivity contribution in [2.75, 3.05) is 0 Å². The van der Waals surface area contributed by atoms with Crippen molar-refractivity contribution in [3.63, 3.8) is 0 Å². The second-order valence-corrected chi connectivity index (χ2v) is 4.46. The van der Waals surface area contributed by atoms with E-state index in [1.165, 1.54) is 5.56 Å². The average molecular weight is 210 g/mol. The summed E-state index contributed by atoms with van der Waals surface area (Å²) >= 11 is 1.68. The molecule has 2 atom stereocenters. The first-order valence-corrected chi connectivity index (χ1v) is 5.97. The molecule has 2 rings (SSSR count). The third kappa shape index (κ3) is 1.82. The Kier molecular flexibility index (Phi) is 2.87. The van der Waals surface area contributed by atoms with Crippen LogP contribution in [0, 0.1) is 0 Å². The first kappa shape index (κ1) is 9.71. The Morgan fingerprint density at radius 2 is 2.50 bits per heavy atom. The summed E-state index contributed by atoms with van der Waals surface area (Å²) < 4.78 is 5.30. The number of carbonyl (C=O) groups is 1. The fraction of sp³-hybridized carbons (Fsp3) is 0.545. The number of ether oxygens (including phenoxy) is 1. The van der Waals surface area contributed by atoms with Gasteiger partial charge in [0.15, 0.2) is 0 Å². The summed E-state index contributed by atoms with van der Waals surface area (Å²) in [6.07, 6.45) is 2.72. The highest BCUT2D eigenvalue weighted by Gasteiger charge is 2.35. The van der Waals surface area contributed by atoms with E-state index in [4.69, 9.17) is 4.74 Å². The van der Waals surface area contributed by atoms with Crippen molar-refractivity contribution in [1.82, 2.24) is 0 Å². The molecule has 0 aliphatic carbocycles. The molecule has 1 aliphatic heterocycles. The van der Waals surface area contributed by atoms with Gasteiger partial charge < -0.3 is 4.74 Å². The number of carbonyl (C=O) groups excluding carboxylic acids is 1. The second-order valence-electron chi connectivity index (χ2n) is 3.68. The van der Waals surface area contributed by atoms with Gasteiger partial charge in [0, 0.05) is 5.92 Å². The van der Waals surface area contributed by atoms with Crippen LogP contribution in [-0.2, 0) is 9.53 Å². The molecule has 3 heteroatoms. The predicted molar refractivity (Wildman–Crippen MR) is 56.5 cm³/mol. The van der Waals surface area contributed by atoms with Gasteiger partial charge in [-0.2, -0.15) is 11.3 Å². The van der Waals surface area contributed by atoms with Crippen molar-refractivity contribution in [2.45, 2.75) is 38.2 Å². The lowest BCUT2D eigenvalue weighted by Gasteiger charge is -2.15. The number of cyclic esters (lactones) is 1. The van der Waals surface area contributed by atoms with E-state index in [-0.39, 0.29) is 12.1 Å². The van der Waals surface area contributed by atoms with Gasteiger partial charge in [0.1, 0.15) is 6.10 Å². The summed E-state index contributed by atoms with van der Waals surface area (Å²) in [4.78, 5) is 11.2. The highest BCUT2D eigenvalue weighted by Crippen LogP contribution is 2.35. The van der Waals surface area contributed by atoms with Crippen LogP contribution < -0.4 is 0 Å². The summed E-state index contributed by atoms with van der Waals surface area (Å²) in [5.74, 6) is 0.258. The normalized spacial score (nSPS) is 26.5. The molecule has 1 aliphatic rings. The zero-order chi connectivity index (χ0) is 9.97. The molecule has 1 fully saturated rings. The lowest BCUT2D eigenvalue weighted by atomic mass is 9.92. The number of esters is 1. The van der Waals surface area contributed by atoms with Crippen LogP contribution in [0.25, 0.3) is 0 Å². The van der Waals surface area contributed by atoms with Crippen molar-refractivity contribution >= 4 is 17.3 Å². The van der Waals surface area contributed by atoms with Crippen molar-refractivity contribution < 1.29 is 9.53 Å². The van der Waals surface area contributed by atoms with E-state index in [9.17, 15) is 4.79 Å². The highest BCUT2D eigenvalue weighted by atomic mass is 32.1. The third-order valence-corrected chi connectivity index (χ3v) is 3.36. The molecular weight excluding hydrogens is 196 g/mol. The molecule has 2 nitrogen and oxygen atoms in total. The molecule has 1 aromatic rings. The van der Waals surface area contributed by atoms with Gasteiger partial charge in [0.05, 0.1) is 6.42 Å². The minimum atomic E-state index is -0.0420. The maximum Gasteiger partial charge on any atom is 0.306 e. The molecule has 1 saturated heterocycles. The Labute approximate surface area is 87.9 Å². The molecule has 0 N–H and O–H groups in total. The Morgan fingerprint density at radius 3 is 3.14 bits per heavy atom.